The lowest BCUT2D eigenvalue weighted by atomic mass is 9.87. The van der Waals surface area contributed by atoms with Crippen LogP contribution in [0.15, 0.2) is 6.33 Å². The van der Waals surface area contributed by atoms with Gasteiger partial charge in [0.15, 0.2) is 5.65 Å². The summed E-state index contributed by atoms with van der Waals surface area (Å²) in [6, 6.07) is 0.310. The molecule has 0 N–H and O–H groups in total. The molecule has 1 fully saturated rings. The maximum atomic E-state index is 13.1. The van der Waals surface area contributed by atoms with Crippen LogP contribution in [-0.4, -0.2) is 43.0 Å². The number of hydrogen-bond donors (Lipinski definition) is 0. The van der Waals surface area contributed by atoms with Crippen molar-refractivity contribution in [1.29, 1.82) is 0 Å². The molecular formula is C20H25N5OS. The molecule has 0 spiro atoms. The lowest BCUT2D eigenvalue weighted by Gasteiger charge is -2.34. The van der Waals surface area contributed by atoms with Crippen LogP contribution in [0.3, 0.4) is 0 Å². The van der Waals surface area contributed by atoms with E-state index in [1.54, 1.807) is 22.2 Å². The first-order chi connectivity index (χ1) is 13.2. The number of likely N-dealkylation sites (tertiary alicyclic amines) is 1. The van der Waals surface area contributed by atoms with E-state index in [1.807, 2.05) is 4.90 Å². The molecule has 27 heavy (non-hydrogen) atoms. The standard InChI is InChI=1S/C20H25N5OS/c1-3-13-8-4-5-10-24(13)20(26)17-22-18-16-15-12(2)7-6-9-14(15)27-19(16)21-11-25(18)23-17/h11-13H,3-10H2,1-2H3/t12-,13-/m0/s1. The monoisotopic (exact) mass is 383 g/mol. The Bertz CT molecular complexity index is 1020. The van der Waals surface area contributed by atoms with Crippen molar-refractivity contribution in [3.8, 4) is 0 Å². The number of aryl methyl sites for hydroxylation is 1. The van der Waals surface area contributed by atoms with E-state index in [2.05, 4.69) is 23.9 Å². The number of nitrogens with zero attached hydrogens (tertiary/aromatic N) is 5. The summed E-state index contributed by atoms with van der Waals surface area (Å²) in [6.45, 7) is 5.25. The van der Waals surface area contributed by atoms with E-state index in [1.165, 1.54) is 29.7 Å². The molecule has 1 saturated heterocycles. The highest BCUT2D eigenvalue weighted by atomic mass is 32.1. The van der Waals surface area contributed by atoms with Crippen molar-refractivity contribution in [3.63, 3.8) is 0 Å². The van der Waals surface area contributed by atoms with Crippen molar-refractivity contribution in [2.75, 3.05) is 6.54 Å². The number of amides is 1. The maximum absolute atomic E-state index is 13.1. The predicted octanol–water partition coefficient (Wildman–Crippen LogP) is 4.18. The van der Waals surface area contributed by atoms with Gasteiger partial charge in [0.05, 0.1) is 5.39 Å². The average Bonchev–Trinajstić information content (AvgIpc) is 3.28. The number of hydrogen-bond acceptors (Lipinski definition) is 5. The third-order valence-electron chi connectivity index (χ3n) is 6.23. The molecule has 3 aromatic heterocycles. The van der Waals surface area contributed by atoms with Crippen molar-refractivity contribution in [2.24, 2.45) is 0 Å². The number of carbonyl (C=O) groups is 1. The molecule has 0 saturated carbocycles. The van der Waals surface area contributed by atoms with Gasteiger partial charge < -0.3 is 4.90 Å². The van der Waals surface area contributed by atoms with Crippen LogP contribution in [-0.2, 0) is 6.42 Å². The van der Waals surface area contributed by atoms with Gasteiger partial charge in [-0.2, -0.15) is 0 Å². The number of carbonyl (C=O) groups excluding carboxylic acids is 1. The van der Waals surface area contributed by atoms with E-state index in [-0.39, 0.29) is 5.91 Å². The summed E-state index contributed by atoms with van der Waals surface area (Å²) in [4.78, 5) is 26.9. The quantitative estimate of drug-likeness (QED) is 0.666. The fourth-order valence-electron chi connectivity index (χ4n) is 4.80. The molecule has 2 aliphatic rings. The van der Waals surface area contributed by atoms with Crippen LogP contribution in [0.4, 0.5) is 0 Å². The molecule has 1 amide bonds. The zero-order valence-corrected chi connectivity index (χ0v) is 16.8. The van der Waals surface area contributed by atoms with E-state index < -0.39 is 0 Å². The van der Waals surface area contributed by atoms with Crippen molar-refractivity contribution in [2.45, 2.75) is 70.8 Å². The van der Waals surface area contributed by atoms with E-state index in [9.17, 15) is 4.79 Å². The molecule has 0 unspecified atom stereocenters. The van der Waals surface area contributed by atoms with Gasteiger partial charge >= 0.3 is 0 Å². The Morgan fingerprint density at radius 1 is 1.30 bits per heavy atom. The van der Waals surface area contributed by atoms with Gasteiger partial charge in [0.25, 0.3) is 5.91 Å². The molecule has 4 heterocycles. The molecular weight excluding hydrogens is 358 g/mol. The largest absolute Gasteiger partial charge is 0.333 e. The van der Waals surface area contributed by atoms with Crippen molar-refractivity contribution in [1.82, 2.24) is 24.5 Å². The molecule has 2 atom stereocenters. The SMILES string of the molecule is CC[C@H]1CCCCN1C(=O)c1nc2c3c4c(sc3ncn2n1)CCC[C@@H]4C. The van der Waals surface area contributed by atoms with Crippen LogP contribution >= 0.6 is 11.3 Å². The van der Waals surface area contributed by atoms with E-state index >= 15 is 0 Å². The highest BCUT2D eigenvalue weighted by molar-refractivity contribution is 7.19. The van der Waals surface area contributed by atoms with Gasteiger partial charge in [-0.25, -0.2) is 14.5 Å². The Balaban J connectivity index is 1.62. The van der Waals surface area contributed by atoms with Crippen molar-refractivity contribution >= 4 is 33.1 Å². The summed E-state index contributed by atoms with van der Waals surface area (Å²) in [5.74, 6) is 0.793. The molecule has 1 aliphatic carbocycles. The molecule has 0 bridgehead atoms. The Morgan fingerprint density at radius 3 is 3.04 bits per heavy atom. The van der Waals surface area contributed by atoms with Gasteiger partial charge in [-0.3, -0.25) is 4.79 Å². The first-order valence-corrected chi connectivity index (χ1v) is 11.0. The van der Waals surface area contributed by atoms with E-state index in [0.717, 1.165) is 48.1 Å². The minimum atomic E-state index is -0.0319. The topological polar surface area (TPSA) is 63.4 Å². The van der Waals surface area contributed by atoms with Crippen LogP contribution in [0.2, 0.25) is 0 Å². The van der Waals surface area contributed by atoms with Crippen LogP contribution in [0.5, 0.6) is 0 Å². The van der Waals surface area contributed by atoms with Crippen LogP contribution in [0.1, 0.15) is 79.3 Å². The molecule has 0 radical (unpaired) electrons. The summed E-state index contributed by atoms with van der Waals surface area (Å²) in [6.07, 6.45) is 9.60. The first-order valence-electron chi connectivity index (χ1n) is 10.1. The average molecular weight is 384 g/mol. The molecule has 142 valence electrons. The molecule has 7 heteroatoms. The molecule has 6 nitrogen and oxygen atoms in total. The zero-order chi connectivity index (χ0) is 18.5. The summed E-state index contributed by atoms with van der Waals surface area (Å²) >= 11 is 1.78. The minimum absolute atomic E-state index is 0.0319. The third kappa shape index (κ3) is 2.66. The molecule has 1 aliphatic heterocycles. The normalized spacial score (nSPS) is 23.1. The summed E-state index contributed by atoms with van der Waals surface area (Å²) in [7, 11) is 0. The third-order valence-corrected chi connectivity index (χ3v) is 7.40. The van der Waals surface area contributed by atoms with Gasteiger partial charge in [0.1, 0.15) is 11.2 Å². The van der Waals surface area contributed by atoms with Crippen LogP contribution < -0.4 is 0 Å². The predicted molar refractivity (Wildman–Crippen MR) is 106 cm³/mol. The second kappa shape index (κ2) is 6.55. The second-order valence-corrected chi connectivity index (χ2v) is 9.00. The van der Waals surface area contributed by atoms with Crippen molar-refractivity contribution in [3.05, 3.63) is 22.6 Å². The van der Waals surface area contributed by atoms with Gasteiger partial charge in [0, 0.05) is 17.5 Å². The molecule has 0 aromatic carbocycles. The minimum Gasteiger partial charge on any atom is -0.333 e. The fraction of sp³-hybridized carbons (Fsp3) is 0.600. The molecule has 3 aromatic rings. The summed E-state index contributed by atoms with van der Waals surface area (Å²) < 4.78 is 1.70. The summed E-state index contributed by atoms with van der Waals surface area (Å²) in [5.41, 5.74) is 2.18. The summed E-state index contributed by atoms with van der Waals surface area (Å²) in [5, 5.41) is 5.63. The van der Waals surface area contributed by atoms with Gasteiger partial charge in [0.2, 0.25) is 5.82 Å². The number of aromatic nitrogens is 4. The first kappa shape index (κ1) is 17.1. The van der Waals surface area contributed by atoms with E-state index in [4.69, 9.17) is 4.98 Å². The second-order valence-electron chi connectivity index (χ2n) is 7.92. The van der Waals surface area contributed by atoms with Crippen molar-refractivity contribution < 1.29 is 4.79 Å². The zero-order valence-electron chi connectivity index (χ0n) is 15.9. The Labute approximate surface area is 162 Å². The Morgan fingerprint density at radius 2 is 2.19 bits per heavy atom. The van der Waals surface area contributed by atoms with Crippen LogP contribution in [0, 0.1) is 0 Å². The number of thiophene rings is 1. The van der Waals surface area contributed by atoms with Crippen LogP contribution in [0.25, 0.3) is 15.9 Å². The van der Waals surface area contributed by atoms with E-state index in [0.29, 0.717) is 17.8 Å². The number of fused-ring (bicyclic) bond motifs is 5. The van der Waals surface area contributed by atoms with Gasteiger partial charge in [-0.1, -0.05) is 13.8 Å². The fourth-order valence-corrected chi connectivity index (χ4v) is 6.09. The highest BCUT2D eigenvalue weighted by Gasteiger charge is 2.30. The molecule has 5 rings (SSSR count). The van der Waals surface area contributed by atoms with Gasteiger partial charge in [-0.15, -0.1) is 16.4 Å². The Hall–Kier alpha value is -2.02. The maximum Gasteiger partial charge on any atom is 0.293 e. The lowest BCUT2D eigenvalue weighted by Crippen LogP contribution is -2.43. The highest BCUT2D eigenvalue weighted by Crippen LogP contribution is 2.42. The number of rotatable bonds is 2. The Kier molecular flexibility index (Phi) is 4.15. The lowest BCUT2D eigenvalue weighted by molar-refractivity contribution is 0.0595. The van der Waals surface area contributed by atoms with Gasteiger partial charge in [-0.05, 0) is 56.4 Å². The smallest absolute Gasteiger partial charge is 0.293 e. The number of piperidine rings is 1.